The van der Waals surface area contributed by atoms with Crippen molar-refractivity contribution >= 4 is 5.91 Å². The number of fused-ring (bicyclic) bond motifs is 1. The first kappa shape index (κ1) is 15.3. The Labute approximate surface area is 132 Å². The highest BCUT2D eigenvalue weighted by Crippen LogP contribution is 2.43. The van der Waals surface area contributed by atoms with Crippen molar-refractivity contribution < 1.29 is 9.53 Å². The standard InChI is InChI=1S/C18H26N2O2/c1-13(2)11-17(21)20-15-12-18(7-9-19-10-8-18)22-16-6-4-3-5-14(15)16/h3-6,13,15,19H,7-12H2,1-2H3,(H,20,21). The Kier molecular flexibility index (Phi) is 4.39. The Morgan fingerprint density at radius 2 is 2.09 bits per heavy atom. The van der Waals surface area contributed by atoms with E-state index in [-0.39, 0.29) is 17.6 Å². The topological polar surface area (TPSA) is 50.4 Å². The Morgan fingerprint density at radius 1 is 1.36 bits per heavy atom. The van der Waals surface area contributed by atoms with Crippen LogP contribution in [0.3, 0.4) is 0 Å². The first-order valence-electron chi connectivity index (χ1n) is 8.36. The molecule has 1 spiro atoms. The van der Waals surface area contributed by atoms with Gasteiger partial charge in [0.2, 0.25) is 5.91 Å². The van der Waals surface area contributed by atoms with Crippen LogP contribution in [0.2, 0.25) is 0 Å². The van der Waals surface area contributed by atoms with Crippen LogP contribution in [0.4, 0.5) is 0 Å². The van der Waals surface area contributed by atoms with Crippen LogP contribution in [0.25, 0.3) is 0 Å². The Balaban J connectivity index is 1.82. The van der Waals surface area contributed by atoms with Gasteiger partial charge in [0, 0.05) is 18.4 Å². The van der Waals surface area contributed by atoms with Crippen molar-refractivity contribution in [2.24, 2.45) is 5.92 Å². The fraction of sp³-hybridized carbons (Fsp3) is 0.611. The van der Waals surface area contributed by atoms with E-state index in [0.29, 0.717) is 12.3 Å². The average Bonchev–Trinajstić information content (AvgIpc) is 2.47. The van der Waals surface area contributed by atoms with Gasteiger partial charge in [0.25, 0.3) is 0 Å². The third kappa shape index (κ3) is 3.27. The number of piperidine rings is 1. The molecule has 1 saturated heterocycles. The normalized spacial score (nSPS) is 23.0. The summed E-state index contributed by atoms with van der Waals surface area (Å²) in [4.78, 5) is 12.2. The third-order valence-electron chi connectivity index (χ3n) is 4.64. The van der Waals surface area contributed by atoms with Crippen LogP contribution < -0.4 is 15.4 Å². The molecule has 0 bridgehead atoms. The van der Waals surface area contributed by atoms with Crippen LogP contribution in [-0.4, -0.2) is 24.6 Å². The van der Waals surface area contributed by atoms with Crippen molar-refractivity contribution in [3.63, 3.8) is 0 Å². The zero-order valence-corrected chi connectivity index (χ0v) is 13.5. The number of carbonyl (C=O) groups is 1. The van der Waals surface area contributed by atoms with E-state index in [4.69, 9.17) is 4.74 Å². The van der Waals surface area contributed by atoms with E-state index in [1.807, 2.05) is 18.2 Å². The predicted octanol–water partition coefficient (Wildman–Crippen LogP) is 2.79. The van der Waals surface area contributed by atoms with E-state index in [0.717, 1.165) is 43.7 Å². The van der Waals surface area contributed by atoms with Crippen LogP contribution in [0.5, 0.6) is 5.75 Å². The molecule has 1 amide bonds. The van der Waals surface area contributed by atoms with E-state index >= 15 is 0 Å². The number of rotatable bonds is 3. The first-order chi connectivity index (χ1) is 10.6. The van der Waals surface area contributed by atoms with Crippen LogP contribution in [0, 0.1) is 5.92 Å². The van der Waals surface area contributed by atoms with E-state index in [9.17, 15) is 4.79 Å². The minimum atomic E-state index is -0.130. The van der Waals surface area contributed by atoms with Gasteiger partial charge < -0.3 is 15.4 Å². The van der Waals surface area contributed by atoms with Crippen LogP contribution in [0.15, 0.2) is 24.3 Å². The molecular weight excluding hydrogens is 276 g/mol. The molecule has 120 valence electrons. The molecule has 3 rings (SSSR count). The summed E-state index contributed by atoms with van der Waals surface area (Å²) in [6, 6.07) is 8.19. The molecule has 2 aliphatic heterocycles. The molecule has 1 fully saturated rings. The molecule has 4 heteroatoms. The molecule has 0 saturated carbocycles. The molecule has 2 heterocycles. The lowest BCUT2D eigenvalue weighted by atomic mass is 9.81. The monoisotopic (exact) mass is 302 g/mol. The maximum Gasteiger partial charge on any atom is 0.220 e. The predicted molar refractivity (Wildman–Crippen MR) is 86.9 cm³/mol. The highest BCUT2D eigenvalue weighted by Gasteiger charge is 2.42. The van der Waals surface area contributed by atoms with Crippen LogP contribution in [-0.2, 0) is 4.79 Å². The highest BCUT2D eigenvalue weighted by molar-refractivity contribution is 5.76. The molecule has 2 aliphatic rings. The summed E-state index contributed by atoms with van der Waals surface area (Å²) in [5, 5.41) is 6.63. The summed E-state index contributed by atoms with van der Waals surface area (Å²) >= 11 is 0. The highest BCUT2D eigenvalue weighted by atomic mass is 16.5. The van der Waals surface area contributed by atoms with Gasteiger partial charge in [0.15, 0.2) is 0 Å². The maximum atomic E-state index is 12.2. The lowest BCUT2D eigenvalue weighted by molar-refractivity contribution is -0.123. The van der Waals surface area contributed by atoms with E-state index in [2.05, 4.69) is 30.5 Å². The van der Waals surface area contributed by atoms with Crippen molar-refractivity contribution in [2.45, 2.75) is 51.2 Å². The molecule has 0 radical (unpaired) electrons. The number of para-hydroxylation sites is 1. The zero-order chi connectivity index (χ0) is 15.6. The minimum absolute atomic E-state index is 0.0642. The number of hydrogen-bond donors (Lipinski definition) is 2. The molecule has 2 N–H and O–H groups in total. The van der Waals surface area contributed by atoms with Gasteiger partial charge in [-0.3, -0.25) is 4.79 Å². The van der Waals surface area contributed by atoms with E-state index in [1.54, 1.807) is 0 Å². The number of amides is 1. The third-order valence-corrected chi connectivity index (χ3v) is 4.64. The second kappa shape index (κ2) is 6.29. The number of ether oxygens (including phenoxy) is 1. The molecule has 4 nitrogen and oxygen atoms in total. The van der Waals surface area contributed by atoms with Gasteiger partial charge >= 0.3 is 0 Å². The van der Waals surface area contributed by atoms with Crippen LogP contribution in [0.1, 0.15) is 51.1 Å². The van der Waals surface area contributed by atoms with Gasteiger partial charge in [0.1, 0.15) is 11.4 Å². The van der Waals surface area contributed by atoms with Gasteiger partial charge in [-0.2, -0.15) is 0 Å². The molecule has 1 unspecified atom stereocenters. The number of nitrogens with one attached hydrogen (secondary N) is 2. The van der Waals surface area contributed by atoms with Crippen molar-refractivity contribution in [3.8, 4) is 5.75 Å². The lowest BCUT2D eigenvalue weighted by Gasteiger charge is -2.44. The second-order valence-electron chi connectivity index (χ2n) is 7.00. The van der Waals surface area contributed by atoms with Crippen molar-refractivity contribution in [1.29, 1.82) is 0 Å². The average molecular weight is 302 g/mol. The van der Waals surface area contributed by atoms with Gasteiger partial charge in [-0.15, -0.1) is 0 Å². The molecule has 1 aromatic carbocycles. The molecule has 1 aromatic rings. The van der Waals surface area contributed by atoms with Crippen molar-refractivity contribution in [2.75, 3.05) is 13.1 Å². The Hall–Kier alpha value is -1.55. The SMILES string of the molecule is CC(C)CC(=O)NC1CC2(CCNCC2)Oc2ccccc21. The van der Waals surface area contributed by atoms with Crippen LogP contribution >= 0.6 is 0 Å². The van der Waals surface area contributed by atoms with Crippen molar-refractivity contribution in [1.82, 2.24) is 10.6 Å². The molecular formula is C18H26N2O2. The summed E-state index contributed by atoms with van der Waals surface area (Å²) in [5.41, 5.74) is 0.985. The quantitative estimate of drug-likeness (QED) is 0.902. The number of benzene rings is 1. The van der Waals surface area contributed by atoms with Gasteiger partial charge in [-0.05, 0) is 37.9 Å². The molecule has 0 aromatic heterocycles. The lowest BCUT2D eigenvalue weighted by Crippen LogP contribution is -2.51. The summed E-state index contributed by atoms with van der Waals surface area (Å²) in [6.07, 6.45) is 3.44. The second-order valence-corrected chi connectivity index (χ2v) is 7.00. The first-order valence-corrected chi connectivity index (χ1v) is 8.36. The van der Waals surface area contributed by atoms with Gasteiger partial charge in [-0.25, -0.2) is 0 Å². The van der Waals surface area contributed by atoms with Gasteiger partial charge in [0.05, 0.1) is 6.04 Å². The maximum absolute atomic E-state index is 12.2. The van der Waals surface area contributed by atoms with E-state index < -0.39 is 0 Å². The van der Waals surface area contributed by atoms with E-state index in [1.165, 1.54) is 0 Å². The smallest absolute Gasteiger partial charge is 0.220 e. The number of hydrogen-bond acceptors (Lipinski definition) is 3. The number of carbonyl (C=O) groups excluding carboxylic acids is 1. The molecule has 0 aliphatic carbocycles. The summed E-state index contributed by atoms with van der Waals surface area (Å²) in [6.45, 7) is 6.11. The minimum Gasteiger partial charge on any atom is -0.487 e. The Morgan fingerprint density at radius 3 is 2.82 bits per heavy atom. The Bertz CT molecular complexity index is 536. The summed E-state index contributed by atoms with van der Waals surface area (Å²) < 4.78 is 6.36. The summed E-state index contributed by atoms with van der Waals surface area (Å²) in [5.74, 6) is 1.45. The summed E-state index contributed by atoms with van der Waals surface area (Å²) in [7, 11) is 0. The van der Waals surface area contributed by atoms with Crippen molar-refractivity contribution in [3.05, 3.63) is 29.8 Å². The molecule has 22 heavy (non-hydrogen) atoms. The largest absolute Gasteiger partial charge is 0.487 e. The fourth-order valence-electron chi connectivity index (χ4n) is 3.56. The zero-order valence-electron chi connectivity index (χ0n) is 13.5. The van der Waals surface area contributed by atoms with Gasteiger partial charge in [-0.1, -0.05) is 32.0 Å². The fourth-order valence-corrected chi connectivity index (χ4v) is 3.56. The molecule has 1 atom stereocenters.